The number of thiophene rings is 1. The van der Waals surface area contributed by atoms with Crippen LogP contribution in [0.2, 0.25) is 0 Å². The molecule has 0 saturated carbocycles. The van der Waals surface area contributed by atoms with Gasteiger partial charge in [0.25, 0.3) is 0 Å². The molecule has 3 aromatic rings. The first-order valence-corrected chi connectivity index (χ1v) is 9.57. The number of piperazine rings is 1. The van der Waals surface area contributed by atoms with E-state index in [1.165, 1.54) is 0 Å². The van der Waals surface area contributed by atoms with E-state index in [9.17, 15) is 4.79 Å². The summed E-state index contributed by atoms with van der Waals surface area (Å²) in [6.45, 7) is 4.20. The molecule has 1 fully saturated rings. The molecular weight excluding hydrogens is 346 g/mol. The van der Waals surface area contributed by atoms with Crippen molar-refractivity contribution < 1.29 is 9.53 Å². The van der Waals surface area contributed by atoms with Crippen LogP contribution in [-0.2, 0) is 11.3 Å². The summed E-state index contributed by atoms with van der Waals surface area (Å²) in [6.07, 6.45) is 0. The third-order valence-electron chi connectivity index (χ3n) is 4.86. The van der Waals surface area contributed by atoms with Gasteiger partial charge < -0.3 is 10.1 Å². The van der Waals surface area contributed by atoms with E-state index in [0.717, 1.165) is 39.3 Å². The fourth-order valence-corrected chi connectivity index (χ4v) is 4.08. The van der Waals surface area contributed by atoms with Crippen molar-refractivity contribution in [3.8, 4) is 16.3 Å². The van der Waals surface area contributed by atoms with Crippen LogP contribution in [0.4, 0.5) is 0 Å². The second kappa shape index (κ2) is 7.05. The highest BCUT2D eigenvalue weighted by atomic mass is 32.1. The van der Waals surface area contributed by atoms with E-state index in [4.69, 9.17) is 9.72 Å². The number of nitrogens with one attached hydrogen (secondary N) is 1. The molecule has 0 unspecified atom stereocenters. The Balaban J connectivity index is 1.79. The number of aromatic nitrogens is 1. The van der Waals surface area contributed by atoms with E-state index in [1.54, 1.807) is 18.4 Å². The molecule has 1 saturated heterocycles. The first kappa shape index (κ1) is 17.0. The lowest BCUT2D eigenvalue weighted by molar-refractivity contribution is -0.128. The molecule has 4 rings (SSSR count). The molecule has 5 nitrogen and oxygen atoms in total. The molecule has 1 aromatic carbocycles. The normalized spacial score (nSPS) is 18.1. The predicted octanol–water partition coefficient (Wildman–Crippen LogP) is 3.29. The molecule has 1 N–H and O–H groups in total. The predicted molar refractivity (Wildman–Crippen MR) is 104 cm³/mol. The number of hydrogen-bond donors (Lipinski definition) is 1. The van der Waals surface area contributed by atoms with Crippen molar-refractivity contribution in [3.63, 3.8) is 0 Å². The average molecular weight is 367 g/mol. The molecule has 0 radical (unpaired) electrons. The Kier molecular flexibility index (Phi) is 4.61. The second-order valence-electron chi connectivity index (χ2n) is 6.47. The number of hydrogen-bond acceptors (Lipinski definition) is 5. The topological polar surface area (TPSA) is 54.5 Å². The third-order valence-corrected chi connectivity index (χ3v) is 5.73. The number of benzene rings is 1. The lowest BCUT2D eigenvalue weighted by atomic mass is 10.1. The molecule has 1 aliphatic heterocycles. The molecule has 0 aliphatic carbocycles. The van der Waals surface area contributed by atoms with Crippen LogP contribution in [0.3, 0.4) is 0 Å². The number of amides is 1. The van der Waals surface area contributed by atoms with Crippen LogP contribution in [0.15, 0.2) is 41.8 Å². The third kappa shape index (κ3) is 3.18. The number of nitrogens with zero attached hydrogens (tertiary/aromatic N) is 2. The molecule has 3 heterocycles. The fourth-order valence-electron chi connectivity index (χ4n) is 3.33. The highest BCUT2D eigenvalue weighted by Gasteiger charge is 2.26. The van der Waals surface area contributed by atoms with Crippen LogP contribution >= 0.6 is 11.3 Å². The van der Waals surface area contributed by atoms with Gasteiger partial charge in [-0.3, -0.25) is 9.69 Å². The van der Waals surface area contributed by atoms with E-state index in [0.29, 0.717) is 13.1 Å². The minimum absolute atomic E-state index is 0.0902. The maximum atomic E-state index is 12.0. The number of pyridine rings is 1. The van der Waals surface area contributed by atoms with Crippen LogP contribution in [-0.4, -0.2) is 42.0 Å². The minimum Gasteiger partial charge on any atom is -0.497 e. The van der Waals surface area contributed by atoms with Gasteiger partial charge in [0.05, 0.1) is 29.2 Å². The summed E-state index contributed by atoms with van der Waals surface area (Å²) in [5.74, 6) is 0.892. The summed E-state index contributed by atoms with van der Waals surface area (Å²) < 4.78 is 5.34. The summed E-state index contributed by atoms with van der Waals surface area (Å²) in [6, 6.07) is 12.1. The Morgan fingerprint density at radius 3 is 3.00 bits per heavy atom. The number of fused-ring (bicyclic) bond motifs is 1. The van der Waals surface area contributed by atoms with Gasteiger partial charge in [-0.2, -0.15) is 0 Å². The summed E-state index contributed by atoms with van der Waals surface area (Å²) in [5, 5.41) is 6.07. The molecule has 2 aromatic heterocycles. The zero-order valence-corrected chi connectivity index (χ0v) is 15.7. The van der Waals surface area contributed by atoms with Gasteiger partial charge in [-0.25, -0.2) is 4.98 Å². The van der Waals surface area contributed by atoms with Gasteiger partial charge in [0.1, 0.15) is 5.75 Å². The Labute approximate surface area is 156 Å². The molecule has 1 aliphatic rings. The Bertz CT molecular complexity index is 940. The quantitative estimate of drug-likeness (QED) is 0.769. The first-order chi connectivity index (χ1) is 12.7. The molecule has 0 bridgehead atoms. The number of methoxy groups -OCH3 is 1. The van der Waals surface area contributed by atoms with Crippen LogP contribution in [0.1, 0.15) is 12.5 Å². The van der Waals surface area contributed by atoms with Gasteiger partial charge in [0.15, 0.2) is 0 Å². The van der Waals surface area contributed by atoms with Crippen molar-refractivity contribution in [2.45, 2.75) is 19.5 Å². The van der Waals surface area contributed by atoms with Crippen LogP contribution in [0.5, 0.6) is 5.75 Å². The summed E-state index contributed by atoms with van der Waals surface area (Å²) >= 11 is 1.68. The van der Waals surface area contributed by atoms with Crippen LogP contribution < -0.4 is 10.1 Å². The SMILES string of the molecule is COc1ccc2cc(CN3CCNC(=O)[C@H]3C)c(-c3cccs3)nc2c1. The van der Waals surface area contributed by atoms with Gasteiger partial charge in [0.2, 0.25) is 5.91 Å². The molecular formula is C20H21N3O2S. The zero-order valence-electron chi connectivity index (χ0n) is 14.9. The summed E-state index contributed by atoms with van der Waals surface area (Å²) in [7, 11) is 1.67. The fraction of sp³-hybridized carbons (Fsp3) is 0.300. The van der Waals surface area contributed by atoms with Crippen LogP contribution in [0, 0.1) is 0 Å². The standard InChI is InChI=1S/C20H21N3O2S/c1-13-20(24)21-7-8-23(13)12-15-10-14-5-6-16(25-2)11-17(14)22-19(15)18-4-3-9-26-18/h3-6,9-11,13H,7-8,12H2,1-2H3,(H,21,24)/t13-/m1/s1. The number of carbonyl (C=O) groups is 1. The lowest BCUT2D eigenvalue weighted by Gasteiger charge is -2.33. The van der Waals surface area contributed by atoms with Crippen molar-refractivity contribution in [2.24, 2.45) is 0 Å². The molecule has 1 atom stereocenters. The first-order valence-electron chi connectivity index (χ1n) is 8.69. The van der Waals surface area contributed by atoms with Gasteiger partial charge in [-0.1, -0.05) is 6.07 Å². The average Bonchev–Trinajstić information content (AvgIpc) is 3.19. The summed E-state index contributed by atoms with van der Waals surface area (Å²) in [5.41, 5.74) is 3.05. The van der Waals surface area contributed by atoms with Crippen LogP contribution in [0.25, 0.3) is 21.5 Å². The van der Waals surface area contributed by atoms with E-state index in [-0.39, 0.29) is 11.9 Å². The Hall–Kier alpha value is -2.44. The molecule has 0 spiro atoms. The molecule has 1 amide bonds. The van der Waals surface area contributed by atoms with E-state index in [1.807, 2.05) is 31.2 Å². The minimum atomic E-state index is -0.133. The number of carbonyl (C=O) groups excluding carboxylic acids is 1. The monoisotopic (exact) mass is 367 g/mol. The van der Waals surface area contributed by atoms with Gasteiger partial charge in [-0.05, 0) is 42.1 Å². The smallest absolute Gasteiger partial charge is 0.237 e. The highest BCUT2D eigenvalue weighted by molar-refractivity contribution is 7.13. The Morgan fingerprint density at radius 1 is 1.35 bits per heavy atom. The highest BCUT2D eigenvalue weighted by Crippen LogP contribution is 2.31. The maximum absolute atomic E-state index is 12.0. The van der Waals surface area contributed by atoms with E-state index < -0.39 is 0 Å². The van der Waals surface area contributed by atoms with Crippen molar-refractivity contribution >= 4 is 28.1 Å². The molecule has 6 heteroatoms. The van der Waals surface area contributed by atoms with Gasteiger partial charge >= 0.3 is 0 Å². The van der Waals surface area contributed by atoms with Crippen molar-refractivity contribution in [1.82, 2.24) is 15.2 Å². The Morgan fingerprint density at radius 2 is 2.23 bits per heavy atom. The van der Waals surface area contributed by atoms with Crippen molar-refractivity contribution in [3.05, 3.63) is 47.3 Å². The van der Waals surface area contributed by atoms with Gasteiger partial charge in [0, 0.05) is 31.1 Å². The van der Waals surface area contributed by atoms with E-state index >= 15 is 0 Å². The largest absolute Gasteiger partial charge is 0.497 e. The number of rotatable bonds is 4. The maximum Gasteiger partial charge on any atom is 0.237 e. The number of ether oxygens (including phenoxy) is 1. The van der Waals surface area contributed by atoms with Crippen molar-refractivity contribution in [1.29, 1.82) is 0 Å². The van der Waals surface area contributed by atoms with Crippen molar-refractivity contribution in [2.75, 3.05) is 20.2 Å². The van der Waals surface area contributed by atoms with E-state index in [2.05, 4.69) is 27.7 Å². The second-order valence-corrected chi connectivity index (χ2v) is 7.42. The molecule has 134 valence electrons. The lowest BCUT2D eigenvalue weighted by Crippen LogP contribution is -2.53. The van der Waals surface area contributed by atoms with Gasteiger partial charge in [-0.15, -0.1) is 11.3 Å². The summed E-state index contributed by atoms with van der Waals surface area (Å²) in [4.78, 5) is 20.3. The molecule has 26 heavy (non-hydrogen) atoms. The zero-order chi connectivity index (χ0) is 18.1.